The molecule has 1 fully saturated rings. The third-order valence-electron chi connectivity index (χ3n) is 3.40. The first-order chi connectivity index (χ1) is 8.29. The highest BCUT2D eigenvalue weighted by Crippen LogP contribution is 2.26. The average Bonchev–Trinajstić information content (AvgIpc) is 2.86. The van der Waals surface area contributed by atoms with Crippen LogP contribution < -0.4 is 0 Å². The van der Waals surface area contributed by atoms with E-state index in [1.165, 1.54) is 19.1 Å². The van der Waals surface area contributed by atoms with Gasteiger partial charge in [0.25, 0.3) is 0 Å². The van der Waals surface area contributed by atoms with Crippen LogP contribution in [0.5, 0.6) is 0 Å². The van der Waals surface area contributed by atoms with Gasteiger partial charge in [-0.3, -0.25) is 4.79 Å². The molecule has 1 atom stereocenters. The molecule has 1 aliphatic heterocycles. The normalized spacial score (nSPS) is 20.4. The number of carbonyl (C=O) groups excluding carboxylic acids is 1. The van der Waals surface area contributed by atoms with E-state index in [1.807, 2.05) is 6.07 Å². The third kappa shape index (κ3) is 3.30. The van der Waals surface area contributed by atoms with E-state index in [2.05, 4.69) is 33.9 Å². The van der Waals surface area contributed by atoms with Crippen LogP contribution in [0.15, 0.2) is 30.3 Å². The van der Waals surface area contributed by atoms with E-state index in [9.17, 15) is 4.79 Å². The number of hydrogen-bond donors (Lipinski definition) is 0. The number of nitrogens with zero attached hydrogens (tertiary/aromatic N) is 1. The van der Waals surface area contributed by atoms with Crippen molar-refractivity contribution in [2.75, 3.05) is 26.7 Å². The molecule has 92 valence electrons. The largest absolute Gasteiger partial charge is 0.469 e. The lowest BCUT2D eigenvalue weighted by Crippen LogP contribution is -2.24. The molecule has 3 heteroatoms. The number of esters is 1. The standard InChI is InChI=1S/C14H19NO2/c1-17-14(16)8-10-15-9-7-13(11-15)12-5-3-2-4-6-12/h2-6,13H,7-11H2,1H3/t13-/m1/s1. The van der Waals surface area contributed by atoms with E-state index in [0.29, 0.717) is 12.3 Å². The molecule has 2 rings (SSSR count). The van der Waals surface area contributed by atoms with Crippen molar-refractivity contribution in [3.05, 3.63) is 35.9 Å². The quantitative estimate of drug-likeness (QED) is 0.745. The van der Waals surface area contributed by atoms with Crippen LogP contribution in [0.1, 0.15) is 24.3 Å². The van der Waals surface area contributed by atoms with Crippen molar-refractivity contribution in [2.24, 2.45) is 0 Å². The zero-order valence-corrected chi connectivity index (χ0v) is 10.3. The van der Waals surface area contributed by atoms with Gasteiger partial charge in [0.2, 0.25) is 0 Å². The maximum Gasteiger partial charge on any atom is 0.306 e. The van der Waals surface area contributed by atoms with E-state index in [1.54, 1.807) is 0 Å². The maximum absolute atomic E-state index is 11.1. The summed E-state index contributed by atoms with van der Waals surface area (Å²) in [6, 6.07) is 10.6. The molecular weight excluding hydrogens is 214 g/mol. The Labute approximate surface area is 102 Å². The molecule has 0 amide bonds. The van der Waals surface area contributed by atoms with E-state index in [-0.39, 0.29) is 5.97 Å². The number of carbonyl (C=O) groups is 1. The Morgan fingerprint density at radius 3 is 2.88 bits per heavy atom. The van der Waals surface area contributed by atoms with Crippen molar-refractivity contribution in [2.45, 2.75) is 18.8 Å². The molecular formula is C14H19NO2. The molecule has 0 aliphatic carbocycles. The van der Waals surface area contributed by atoms with Crippen LogP contribution in [-0.4, -0.2) is 37.6 Å². The molecule has 1 aromatic rings. The van der Waals surface area contributed by atoms with Gasteiger partial charge in [-0.25, -0.2) is 0 Å². The summed E-state index contributed by atoms with van der Waals surface area (Å²) in [6.07, 6.45) is 1.68. The summed E-state index contributed by atoms with van der Waals surface area (Å²) in [5, 5.41) is 0. The van der Waals surface area contributed by atoms with Crippen LogP contribution in [0.4, 0.5) is 0 Å². The number of rotatable bonds is 4. The summed E-state index contributed by atoms with van der Waals surface area (Å²) in [4.78, 5) is 13.4. The molecule has 0 aromatic heterocycles. The van der Waals surface area contributed by atoms with Crippen molar-refractivity contribution in [1.82, 2.24) is 4.90 Å². The maximum atomic E-state index is 11.1. The second-order valence-corrected chi connectivity index (χ2v) is 4.52. The van der Waals surface area contributed by atoms with Gasteiger partial charge < -0.3 is 9.64 Å². The highest BCUT2D eigenvalue weighted by Gasteiger charge is 2.23. The summed E-state index contributed by atoms with van der Waals surface area (Å²) < 4.78 is 4.66. The molecule has 1 aliphatic rings. The van der Waals surface area contributed by atoms with Crippen molar-refractivity contribution in [3.63, 3.8) is 0 Å². The van der Waals surface area contributed by atoms with Crippen LogP contribution >= 0.6 is 0 Å². The Morgan fingerprint density at radius 1 is 1.41 bits per heavy atom. The van der Waals surface area contributed by atoms with Crippen LogP contribution in [0.3, 0.4) is 0 Å². The second kappa shape index (κ2) is 5.82. The number of ether oxygens (including phenoxy) is 1. The lowest BCUT2D eigenvalue weighted by molar-refractivity contribution is -0.140. The molecule has 0 spiro atoms. The Bertz CT molecular complexity index is 364. The fraction of sp³-hybridized carbons (Fsp3) is 0.500. The van der Waals surface area contributed by atoms with Crippen molar-refractivity contribution < 1.29 is 9.53 Å². The van der Waals surface area contributed by atoms with Crippen LogP contribution in [0.25, 0.3) is 0 Å². The minimum absolute atomic E-state index is 0.117. The highest BCUT2D eigenvalue weighted by molar-refractivity contribution is 5.69. The van der Waals surface area contributed by atoms with Crippen LogP contribution in [0.2, 0.25) is 0 Å². The molecule has 0 unspecified atom stereocenters. The number of hydrogen-bond acceptors (Lipinski definition) is 3. The number of benzene rings is 1. The molecule has 1 aromatic carbocycles. The van der Waals surface area contributed by atoms with E-state index in [0.717, 1.165) is 19.6 Å². The molecule has 0 saturated carbocycles. The topological polar surface area (TPSA) is 29.5 Å². The van der Waals surface area contributed by atoms with E-state index >= 15 is 0 Å². The number of likely N-dealkylation sites (tertiary alicyclic amines) is 1. The van der Waals surface area contributed by atoms with Gasteiger partial charge in [0.15, 0.2) is 0 Å². The molecule has 0 N–H and O–H groups in total. The first-order valence-electron chi connectivity index (χ1n) is 6.13. The molecule has 0 bridgehead atoms. The summed E-state index contributed by atoms with van der Waals surface area (Å²) >= 11 is 0. The third-order valence-corrected chi connectivity index (χ3v) is 3.40. The second-order valence-electron chi connectivity index (χ2n) is 4.52. The highest BCUT2D eigenvalue weighted by atomic mass is 16.5. The van der Waals surface area contributed by atoms with E-state index < -0.39 is 0 Å². The van der Waals surface area contributed by atoms with Crippen molar-refractivity contribution >= 4 is 5.97 Å². The Hall–Kier alpha value is -1.35. The summed E-state index contributed by atoms with van der Waals surface area (Å²) in [5.41, 5.74) is 1.41. The SMILES string of the molecule is COC(=O)CCN1CC[C@@H](c2ccccc2)C1. The minimum Gasteiger partial charge on any atom is -0.469 e. The molecule has 3 nitrogen and oxygen atoms in total. The van der Waals surface area contributed by atoms with Gasteiger partial charge in [-0.05, 0) is 24.4 Å². The van der Waals surface area contributed by atoms with Gasteiger partial charge in [0.1, 0.15) is 0 Å². The van der Waals surface area contributed by atoms with Crippen LogP contribution in [0, 0.1) is 0 Å². The van der Waals surface area contributed by atoms with Crippen molar-refractivity contribution in [1.29, 1.82) is 0 Å². The fourth-order valence-corrected chi connectivity index (χ4v) is 2.38. The van der Waals surface area contributed by atoms with Crippen LogP contribution in [-0.2, 0) is 9.53 Å². The molecule has 1 heterocycles. The first-order valence-corrected chi connectivity index (χ1v) is 6.13. The Morgan fingerprint density at radius 2 is 2.18 bits per heavy atom. The average molecular weight is 233 g/mol. The lowest BCUT2D eigenvalue weighted by Gasteiger charge is -2.15. The minimum atomic E-state index is -0.117. The van der Waals surface area contributed by atoms with Gasteiger partial charge >= 0.3 is 5.97 Å². The predicted molar refractivity (Wildman–Crippen MR) is 66.9 cm³/mol. The Kier molecular flexibility index (Phi) is 4.15. The zero-order valence-electron chi connectivity index (χ0n) is 10.3. The van der Waals surface area contributed by atoms with Gasteiger partial charge in [-0.2, -0.15) is 0 Å². The van der Waals surface area contributed by atoms with Crippen molar-refractivity contribution in [3.8, 4) is 0 Å². The lowest BCUT2D eigenvalue weighted by atomic mass is 9.99. The van der Waals surface area contributed by atoms with Gasteiger partial charge in [-0.15, -0.1) is 0 Å². The predicted octanol–water partition coefficient (Wildman–Crippen LogP) is 2.04. The van der Waals surface area contributed by atoms with E-state index in [4.69, 9.17) is 0 Å². The molecule has 1 saturated heterocycles. The number of methoxy groups -OCH3 is 1. The summed E-state index contributed by atoms with van der Waals surface area (Å²) in [5.74, 6) is 0.502. The van der Waals surface area contributed by atoms with Gasteiger partial charge in [0, 0.05) is 13.1 Å². The monoisotopic (exact) mass is 233 g/mol. The first kappa shape index (κ1) is 12.1. The zero-order chi connectivity index (χ0) is 12.1. The fourth-order valence-electron chi connectivity index (χ4n) is 2.38. The summed E-state index contributed by atoms with van der Waals surface area (Å²) in [7, 11) is 1.44. The molecule has 0 radical (unpaired) electrons. The van der Waals surface area contributed by atoms with Gasteiger partial charge in [0.05, 0.1) is 13.5 Å². The summed E-state index contributed by atoms with van der Waals surface area (Å²) in [6.45, 7) is 2.95. The molecule has 17 heavy (non-hydrogen) atoms. The van der Waals surface area contributed by atoms with Gasteiger partial charge in [-0.1, -0.05) is 30.3 Å². The Balaban J connectivity index is 1.82. The smallest absolute Gasteiger partial charge is 0.306 e.